The number of rotatable bonds is 6. The molecule has 1 unspecified atom stereocenters. The Hall–Kier alpha value is -2.12. The molecular formula is C9H14N4O4. The number of anilines is 1. The van der Waals surface area contributed by atoms with Gasteiger partial charge in [-0.05, 0) is 16.3 Å². The Kier molecular flexibility index (Phi) is 4.02. The van der Waals surface area contributed by atoms with E-state index in [2.05, 4.69) is 10.3 Å². The van der Waals surface area contributed by atoms with Gasteiger partial charge in [0.2, 0.25) is 12.1 Å². The molecule has 1 atom stereocenters. The molecule has 0 aromatic carbocycles. The number of aryl methyl sites for hydroxylation is 1. The van der Waals surface area contributed by atoms with Crippen LogP contribution in [0.4, 0.5) is 11.6 Å². The van der Waals surface area contributed by atoms with Crippen molar-refractivity contribution in [3.63, 3.8) is 0 Å². The Morgan fingerprint density at radius 1 is 1.76 bits per heavy atom. The fraction of sp³-hybridized carbons (Fsp3) is 0.556. The van der Waals surface area contributed by atoms with Crippen molar-refractivity contribution in [3.05, 3.63) is 16.4 Å². The van der Waals surface area contributed by atoms with Gasteiger partial charge in [0.1, 0.15) is 6.04 Å². The molecule has 0 saturated carbocycles. The summed E-state index contributed by atoms with van der Waals surface area (Å²) < 4.78 is 1.39. The molecule has 8 nitrogen and oxygen atoms in total. The first kappa shape index (κ1) is 12.9. The van der Waals surface area contributed by atoms with E-state index in [1.807, 2.05) is 6.92 Å². The smallest absolute Gasteiger partial charge is 0.406 e. The van der Waals surface area contributed by atoms with Crippen LogP contribution in [0.5, 0.6) is 0 Å². The Morgan fingerprint density at radius 3 is 2.88 bits per heavy atom. The Morgan fingerprint density at radius 2 is 2.41 bits per heavy atom. The number of aromatic nitrogens is 2. The number of nitrogens with one attached hydrogen (secondary N) is 1. The third kappa shape index (κ3) is 2.92. The zero-order valence-corrected chi connectivity index (χ0v) is 9.58. The highest BCUT2D eigenvalue weighted by molar-refractivity contribution is 5.77. The Bertz CT molecular complexity index is 429. The molecule has 0 fully saturated rings. The van der Waals surface area contributed by atoms with E-state index in [4.69, 9.17) is 5.11 Å². The van der Waals surface area contributed by atoms with Gasteiger partial charge in [0.05, 0.1) is 0 Å². The Labute approximate surface area is 97.4 Å². The van der Waals surface area contributed by atoms with E-state index in [1.54, 1.807) is 7.05 Å². The maximum Gasteiger partial charge on any atom is 0.406 e. The van der Waals surface area contributed by atoms with Gasteiger partial charge in [-0.15, -0.1) is 0 Å². The van der Waals surface area contributed by atoms with Crippen molar-refractivity contribution in [2.45, 2.75) is 25.8 Å². The lowest BCUT2D eigenvalue weighted by Gasteiger charge is -2.14. The van der Waals surface area contributed by atoms with Crippen LogP contribution in [0.3, 0.4) is 0 Å². The average molecular weight is 242 g/mol. The van der Waals surface area contributed by atoms with Crippen LogP contribution in [0, 0.1) is 10.1 Å². The topological polar surface area (TPSA) is 110 Å². The van der Waals surface area contributed by atoms with E-state index >= 15 is 0 Å². The molecule has 0 aliphatic carbocycles. The number of imidazole rings is 1. The van der Waals surface area contributed by atoms with Gasteiger partial charge in [-0.2, -0.15) is 0 Å². The highest BCUT2D eigenvalue weighted by Crippen LogP contribution is 2.22. The molecule has 1 rings (SSSR count). The standard InChI is InChI=1S/C9H14N4O4/c1-3-4-6(9(14)15)11-8-7(13(16)17)10-5-12(8)2/h5-6,11H,3-4H2,1-2H3,(H,14,15). The Balaban J connectivity index is 2.95. The summed E-state index contributed by atoms with van der Waals surface area (Å²) in [5, 5.41) is 22.3. The van der Waals surface area contributed by atoms with Crippen LogP contribution in [0.2, 0.25) is 0 Å². The number of hydrogen-bond donors (Lipinski definition) is 2. The summed E-state index contributed by atoms with van der Waals surface area (Å²) in [7, 11) is 1.56. The number of nitrogens with zero attached hydrogens (tertiary/aromatic N) is 3. The van der Waals surface area contributed by atoms with Crippen LogP contribution >= 0.6 is 0 Å². The number of carbonyl (C=O) groups is 1. The van der Waals surface area contributed by atoms with Crippen molar-refractivity contribution < 1.29 is 14.8 Å². The van der Waals surface area contributed by atoms with Crippen LogP contribution in [0.25, 0.3) is 0 Å². The van der Waals surface area contributed by atoms with E-state index in [0.29, 0.717) is 12.8 Å². The third-order valence-electron chi connectivity index (χ3n) is 2.28. The lowest BCUT2D eigenvalue weighted by molar-refractivity contribution is -0.388. The first-order valence-electron chi connectivity index (χ1n) is 5.12. The zero-order valence-electron chi connectivity index (χ0n) is 9.58. The second-order valence-corrected chi connectivity index (χ2v) is 3.61. The first-order chi connectivity index (χ1) is 7.97. The van der Waals surface area contributed by atoms with Gasteiger partial charge in [-0.25, -0.2) is 4.79 Å². The second kappa shape index (κ2) is 5.28. The first-order valence-corrected chi connectivity index (χ1v) is 5.12. The number of hydrogen-bond acceptors (Lipinski definition) is 5. The molecule has 1 heterocycles. The van der Waals surface area contributed by atoms with Crippen molar-refractivity contribution in [2.24, 2.45) is 7.05 Å². The van der Waals surface area contributed by atoms with Gasteiger partial charge in [0, 0.05) is 7.05 Å². The molecular weight excluding hydrogens is 228 g/mol. The third-order valence-corrected chi connectivity index (χ3v) is 2.28. The van der Waals surface area contributed by atoms with Crippen LogP contribution in [0.15, 0.2) is 6.33 Å². The summed E-state index contributed by atoms with van der Waals surface area (Å²) >= 11 is 0. The monoisotopic (exact) mass is 242 g/mol. The van der Waals surface area contributed by atoms with E-state index in [9.17, 15) is 14.9 Å². The van der Waals surface area contributed by atoms with Gasteiger partial charge in [0.15, 0.2) is 0 Å². The summed E-state index contributed by atoms with van der Waals surface area (Å²) in [5.41, 5.74) is 0. The summed E-state index contributed by atoms with van der Waals surface area (Å²) in [5.74, 6) is -1.30. The van der Waals surface area contributed by atoms with Crippen LogP contribution in [0.1, 0.15) is 19.8 Å². The largest absolute Gasteiger partial charge is 0.480 e. The molecule has 0 bridgehead atoms. The zero-order chi connectivity index (χ0) is 13.0. The van der Waals surface area contributed by atoms with Gasteiger partial charge in [0.25, 0.3) is 0 Å². The fourth-order valence-electron chi connectivity index (χ4n) is 1.43. The number of nitro groups is 1. The van der Waals surface area contributed by atoms with Crippen molar-refractivity contribution in [3.8, 4) is 0 Å². The van der Waals surface area contributed by atoms with Gasteiger partial charge < -0.3 is 20.5 Å². The molecule has 0 aliphatic rings. The molecule has 0 saturated heterocycles. The molecule has 1 aromatic heterocycles. The minimum atomic E-state index is -1.04. The number of carboxylic acid groups (broad SMARTS) is 1. The molecule has 17 heavy (non-hydrogen) atoms. The molecule has 0 spiro atoms. The minimum absolute atomic E-state index is 0.107. The second-order valence-electron chi connectivity index (χ2n) is 3.61. The molecule has 8 heteroatoms. The van der Waals surface area contributed by atoms with Gasteiger partial charge >= 0.3 is 11.8 Å². The molecule has 2 N–H and O–H groups in total. The molecule has 0 amide bonds. The van der Waals surface area contributed by atoms with Crippen molar-refractivity contribution in [1.82, 2.24) is 9.55 Å². The van der Waals surface area contributed by atoms with E-state index < -0.39 is 16.9 Å². The normalized spacial score (nSPS) is 12.1. The van der Waals surface area contributed by atoms with E-state index in [1.165, 1.54) is 10.9 Å². The van der Waals surface area contributed by atoms with Crippen molar-refractivity contribution in [2.75, 3.05) is 5.32 Å². The SMILES string of the molecule is CCCC(Nc1c([N+](=O)[O-])ncn1C)C(=O)O. The van der Waals surface area contributed by atoms with E-state index in [-0.39, 0.29) is 11.6 Å². The fourth-order valence-corrected chi connectivity index (χ4v) is 1.43. The van der Waals surface area contributed by atoms with Crippen molar-refractivity contribution >= 4 is 17.6 Å². The maximum atomic E-state index is 10.9. The summed E-state index contributed by atoms with van der Waals surface area (Å²) in [6.45, 7) is 1.84. The summed E-state index contributed by atoms with van der Waals surface area (Å²) in [6, 6.07) is -0.853. The lowest BCUT2D eigenvalue weighted by atomic mass is 10.2. The predicted octanol–water partition coefficient (Wildman–Crippen LogP) is 0.993. The predicted molar refractivity (Wildman–Crippen MR) is 59.8 cm³/mol. The average Bonchev–Trinajstić information content (AvgIpc) is 2.59. The highest BCUT2D eigenvalue weighted by atomic mass is 16.6. The summed E-state index contributed by atoms with van der Waals surface area (Å²) in [4.78, 5) is 24.6. The molecule has 1 aromatic rings. The maximum absolute atomic E-state index is 10.9. The van der Waals surface area contributed by atoms with Crippen LogP contribution < -0.4 is 5.32 Å². The summed E-state index contributed by atoms with van der Waals surface area (Å²) in [6.07, 6.45) is 2.32. The highest BCUT2D eigenvalue weighted by Gasteiger charge is 2.25. The van der Waals surface area contributed by atoms with Crippen LogP contribution in [-0.2, 0) is 11.8 Å². The molecule has 94 valence electrons. The van der Waals surface area contributed by atoms with E-state index in [0.717, 1.165) is 0 Å². The molecule has 0 radical (unpaired) electrons. The van der Waals surface area contributed by atoms with Gasteiger partial charge in [-0.1, -0.05) is 13.3 Å². The van der Waals surface area contributed by atoms with Crippen molar-refractivity contribution in [1.29, 1.82) is 0 Å². The number of aliphatic carboxylic acids is 1. The quantitative estimate of drug-likeness (QED) is 0.568. The lowest BCUT2D eigenvalue weighted by Crippen LogP contribution is -2.30. The number of carboxylic acids is 1. The van der Waals surface area contributed by atoms with Crippen LogP contribution in [-0.4, -0.2) is 31.6 Å². The van der Waals surface area contributed by atoms with Gasteiger partial charge in [-0.3, -0.25) is 4.57 Å². The minimum Gasteiger partial charge on any atom is -0.480 e. The molecule has 0 aliphatic heterocycles.